The highest BCUT2D eigenvalue weighted by molar-refractivity contribution is 14.1. The van der Waals surface area contributed by atoms with Gasteiger partial charge in [-0.3, -0.25) is 4.79 Å². The van der Waals surface area contributed by atoms with Gasteiger partial charge in [-0.05, 0) is 48.6 Å². The summed E-state index contributed by atoms with van der Waals surface area (Å²) in [5, 5.41) is 0. The van der Waals surface area contributed by atoms with Crippen LogP contribution in [0.25, 0.3) is 0 Å². The number of carbonyl (C=O) groups is 1. The Morgan fingerprint density at radius 1 is 1.57 bits per heavy atom. The number of carbonyl (C=O) groups excluding carboxylic acids is 1. The first-order valence-corrected chi connectivity index (χ1v) is 5.27. The van der Waals surface area contributed by atoms with Crippen molar-refractivity contribution in [3.05, 3.63) is 27.1 Å². The third-order valence-electron chi connectivity index (χ3n) is 1.69. The van der Waals surface area contributed by atoms with Crippen molar-refractivity contribution in [3.8, 4) is 5.75 Å². The topological polar surface area (TPSA) is 26.3 Å². The van der Waals surface area contributed by atoms with E-state index in [0.29, 0.717) is 15.9 Å². The van der Waals surface area contributed by atoms with Gasteiger partial charge in [0.15, 0.2) is 5.78 Å². The summed E-state index contributed by atoms with van der Waals surface area (Å²) >= 11 is 1.84. The maximum absolute atomic E-state index is 13.4. The molecular formula is C10H10FIO2. The standard InChI is InChI=1S/C10H10FIO2/c1-3-14-7-4-8(6(2)13)10(11)9(12)5-7/h4-5H,3H2,1-2H3. The van der Waals surface area contributed by atoms with E-state index in [4.69, 9.17) is 4.74 Å². The lowest BCUT2D eigenvalue weighted by atomic mass is 10.1. The van der Waals surface area contributed by atoms with Gasteiger partial charge in [0.05, 0.1) is 15.7 Å². The Kier molecular flexibility index (Phi) is 3.86. The smallest absolute Gasteiger partial charge is 0.162 e. The Bertz CT molecular complexity index is 363. The fraction of sp³-hybridized carbons (Fsp3) is 0.300. The molecule has 0 heterocycles. The third-order valence-corrected chi connectivity index (χ3v) is 2.48. The zero-order valence-corrected chi connectivity index (χ0v) is 10.1. The van der Waals surface area contributed by atoms with E-state index in [9.17, 15) is 9.18 Å². The molecule has 0 aromatic heterocycles. The summed E-state index contributed by atoms with van der Waals surface area (Å²) in [6, 6.07) is 3.01. The molecular weight excluding hydrogens is 298 g/mol. The van der Waals surface area contributed by atoms with Crippen molar-refractivity contribution in [2.24, 2.45) is 0 Å². The van der Waals surface area contributed by atoms with Gasteiger partial charge in [-0.1, -0.05) is 0 Å². The van der Waals surface area contributed by atoms with Crippen LogP contribution in [-0.2, 0) is 0 Å². The molecule has 14 heavy (non-hydrogen) atoms. The molecule has 1 aromatic rings. The summed E-state index contributed by atoms with van der Waals surface area (Å²) in [5.74, 6) is -0.230. The normalized spacial score (nSPS) is 10.0. The van der Waals surface area contributed by atoms with Crippen molar-refractivity contribution in [2.45, 2.75) is 13.8 Å². The maximum atomic E-state index is 13.4. The van der Waals surface area contributed by atoms with Gasteiger partial charge < -0.3 is 4.74 Å². The Morgan fingerprint density at radius 3 is 2.71 bits per heavy atom. The highest BCUT2D eigenvalue weighted by Gasteiger charge is 2.12. The monoisotopic (exact) mass is 308 g/mol. The number of ether oxygens (including phenoxy) is 1. The molecule has 0 radical (unpaired) electrons. The fourth-order valence-corrected chi connectivity index (χ4v) is 1.67. The molecule has 4 heteroatoms. The Hall–Kier alpha value is -0.650. The summed E-state index contributed by atoms with van der Waals surface area (Å²) in [7, 11) is 0. The summed E-state index contributed by atoms with van der Waals surface area (Å²) < 4.78 is 19.0. The van der Waals surface area contributed by atoms with Gasteiger partial charge in [0.2, 0.25) is 0 Å². The largest absolute Gasteiger partial charge is 0.494 e. The number of hydrogen-bond acceptors (Lipinski definition) is 2. The highest BCUT2D eigenvalue weighted by atomic mass is 127. The van der Waals surface area contributed by atoms with Crippen LogP contribution in [0.1, 0.15) is 24.2 Å². The lowest BCUT2D eigenvalue weighted by molar-refractivity contribution is 0.101. The zero-order valence-electron chi connectivity index (χ0n) is 7.93. The van der Waals surface area contributed by atoms with Crippen LogP contribution in [0.4, 0.5) is 4.39 Å². The van der Waals surface area contributed by atoms with Crippen LogP contribution in [0.3, 0.4) is 0 Å². The van der Waals surface area contributed by atoms with Crippen molar-refractivity contribution < 1.29 is 13.9 Å². The van der Waals surface area contributed by atoms with E-state index in [-0.39, 0.29) is 11.3 Å². The van der Waals surface area contributed by atoms with E-state index in [1.165, 1.54) is 13.0 Å². The molecule has 0 saturated carbocycles. The first-order valence-electron chi connectivity index (χ1n) is 4.19. The van der Waals surface area contributed by atoms with Gasteiger partial charge in [-0.2, -0.15) is 0 Å². The average Bonchev–Trinajstić information content (AvgIpc) is 2.11. The van der Waals surface area contributed by atoms with Gasteiger partial charge in [0.1, 0.15) is 11.6 Å². The number of hydrogen-bond donors (Lipinski definition) is 0. The van der Waals surface area contributed by atoms with E-state index in [0.717, 1.165) is 0 Å². The van der Waals surface area contributed by atoms with Gasteiger partial charge in [0.25, 0.3) is 0 Å². The maximum Gasteiger partial charge on any atom is 0.162 e. The minimum Gasteiger partial charge on any atom is -0.494 e. The molecule has 0 amide bonds. The van der Waals surface area contributed by atoms with E-state index in [2.05, 4.69) is 0 Å². The molecule has 0 spiro atoms. The Morgan fingerprint density at radius 2 is 2.21 bits per heavy atom. The lowest BCUT2D eigenvalue weighted by Gasteiger charge is -2.07. The molecule has 2 nitrogen and oxygen atoms in total. The quantitative estimate of drug-likeness (QED) is 0.634. The van der Waals surface area contributed by atoms with Crippen molar-refractivity contribution in [1.29, 1.82) is 0 Å². The number of ketones is 1. The van der Waals surface area contributed by atoms with Crippen LogP contribution >= 0.6 is 22.6 Å². The summed E-state index contributed by atoms with van der Waals surface area (Å²) in [5.41, 5.74) is 0.0837. The van der Waals surface area contributed by atoms with E-state index < -0.39 is 5.82 Å². The van der Waals surface area contributed by atoms with E-state index in [1.807, 2.05) is 29.5 Å². The summed E-state index contributed by atoms with van der Waals surface area (Å²) in [6.45, 7) is 3.67. The van der Waals surface area contributed by atoms with Crippen LogP contribution in [0.5, 0.6) is 5.75 Å². The third kappa shape index (κ3) is 2.43. The van der Waals surface area contributed by atoms with Crippen LogP contribution in [0.2, 0.25) is 0 Å². The van der Waals surface area contributed by atoms with Crippen molar-refractivity contribution in [3.63, 3.8) is 0 Å². The predicted molar refractivity (Wildman–Crippen MR) is 60.3 cm³/mol. The number of Topliss-reactive ketones (excluding diaryl/α,β-unsaturated/α-hetero) is 1. The van der Waals surface area contributed by atoms with Crippen molar-refractivity contribution >= 4 is 28.4 Å². The molecule has 0 fully saturated rings. The molecule has 0 saturated heterocycles. The number of halogens is 2. The number of rotatable bonds is 3. The first-order chi connectivity index (χ1) is 6.56. The molecule has 0 unspecified atom stereocenters. The first kappa shape index (κ1) is 11.4. The molecule has 0 aliphatic heterocycles. The fourth-order valence-electron chi connectivity index (χ4n) is 1.07. The van der Waals surface area contributed by atoms with E-state index in [1.54, 1.807) is 6.07 Å². The summed E-state index contributed by atoms with van der Waals surface area (Å²) in [4.78, 5) is 11.1. The van der Waals surface area contributed by atoms with Crippen molar-refractivity contribution in [2.75, 3.05) is 6.61 Å². The van der Waals surface area contributed by atoms with Crippen LogP contribution in [0, 0.1) is 9.39 Å². The van der Waals surface area contributed by atoms with Gasteiger partial charge in [-0.15, -0.1) is 0 Å². The van der Waals surface area contributed by atoms with Crippen molar-refractivity contribution in [1.82, 2.24) is 0 Å². The molecule has 1 rings (SSSR count). The van der Waals surface area contributed by atoms with Gasteiger partial charge in [-0.25, -0.2) is 4.39 Å². The van der Waals surface area contributed by atoms with Gasteiger partial charge >= 0.3 is 0 Å². The SMILES string of the molecule is CCOc1cc(I)c(F)c(C(C)=O)c1. The van der Waals surface area contributed by atoms with Crippen LogP contribution < -0.4 is 4.74 Å². The minimum absolute atomic E-state index is 0.0837. The minimum atomic E-state index is -0.471. The second kappa shape index (κ2) is 4.72. The van der Waals surface area contributed by atoms with Gasteiger partial charge in [0, 0.05) is 0 Å². The predicted octanol–water partition coefficient (Wildman–Crippen LogP) is 3.03. The Labute approximate surface area is 95.6 Å². The lowest BCUT2D eigenvalue weighted by Crippen LogP contribution is -2.01. The number of benzene rings is 1. The second-order valence-electron chi connectivity index (χ2n) is 2.76. The zero-order chi connectivity index (χ0) is 10.7. The average molecular weight is 308 g/mol. The molecule has 1 aromatic carbocycles. The molecule has 76 valence electrons. The molecule has 0 aliphatic carbocycles. The summed E-state index contributed by atoms with van der Waals surface area (Å²) in [6.07, 6.45) is 0. The molecule has 0 N–H and O–H groups in total. The Balaban J connectivity index is 3.21. The second-order valence-corrected chi connectivity index (χ2v) is 3.92. The molecule has 0 atom stereocenters. The van der Waals surface area contributed by atoms with E-state index >= 15 is 0 Å². The van der Waals surface area contributed by atoms with Crippen LogP contribution in [-0.4, -0.2) is 12.4 Å². The molecule has 0 bridgehead atoms. The molecule has 0 aliphatic rings. The van der Waals surface area contributed by atoms with Crippen LogP contribution in [0.15, 0.2) is 12.1 Å². The highest BCUT2D eigenvalue weighted by Crippen LogP contribution is 2.23.